The Morgan fingerprint density at radius 3 is 2.71 bits per heavy atom. The molecule has 0 amide bonds. The highest BCUT2D eigenvalue weighted by atomic mass is 15.0. The quantitative estimate of drug-likeness (QED) is 0.657. The van der Waals surface area contributed by atoms with Crippen LogP contribution in [0, 0.1) is 17.8 Å². The Hall–Kier alpha value is -1.35. The molecule has 1 saturated carbocycles. The number of aromatic amines is 1. The van der Waals surface area contributed by atoms with Crippen LogP contribution in [0.5, 0.6) is 0 Å². The normalized spacial score (nSPS) is 26.4. The topological polar surface area (TPSA) is 40.7 Å². The molecule has 1 aromatic rings. The van der Waals surface area contributed by atoms with Crippen molar-refractivity contribution in [3.63, 3.8) is 0 Å². The Morgan fingerprint density at radius 2 is 2.00 bits per heavy atom. The summed E-state index contributed by atoms with van der Waals surface area (Å²) in [6, 6.07) is 0.552. The van der Waals surface area contributed by atoms with Gasteiger partial charge in [-0.3, -0.25) is 0 Å². The van der Waals surface area contributed by atoms with Gasteiger partial charge in [-0.05, 0) is 57.3 Å². The van der Waals surface area contributed by atoms with Crippen LogP contribution in [0.4, 0.5) is 0 Å². The molecule has 0 bridgehead atoms. The van der Waals surface area contributed by atoms with Crippen LogP contribution in [0.25, 0.3) is 0 Å². The third-order valence-electron chi connectivity index (χ3n) is 5.04. The van der Waals surface area contributed by atoms with Crippen molar-refractivity contribution in [3.8, 4) is 0 Å². The smallest absolute Gasteiger partial charge is 0.120 e. The maximum Gasteiger partial charge on any atom is 0.120 e. The van der Waals surface area contributed by atoms with Gasteiger partial charge in [0.2, 0.25) is 0 Å². The van der Waals surface area contributed by atoms with Crippen LogP contribution in [-0.4, -0.2) is 16.0 Å². The second kappa shape index (κ2) is 9.83. The fourth-order valence-electron chi connectivity index (χ4n) is 4.14. The summed E-state index contributed by atoms with van der Waals surface area (Å²) in [4.78, 5) is 7.90. The van der Waals surface area contributed by atoms with Gasteiger partial charge in [-0.2, -0.15) is 0 Å². The van der Waals surface area contributed by atoms with E-state index in [0.717, 1.165) is 36.5 Å². The van der Waals surface area contributed by atoms with Gasteiger partial charge >= 0.3 is 0 Å². The number of hydrogen-bond acceptors (Lipinski definition) is 2. The molecule has 0 aliphatic heterocycles. The molecular weight excluding hydrogens is 294 g/mol. The lowest BCUT2D eigenvalue weighted by molar-refractivity contribution is 0.197. The molecule has 24 heavy (non-hydrogen) atoms. The first-order chi connectivity index (χ1) is 11.6. The van der Waals surface area contributed by atoms with E-state index in [1.807, 2.05) is 25.3 Å². The molecule has 0 spiro atoms. The van der Waals surface area contributed by atoms with Crippen molar-refractivity contribution in [1.82, 2.24) is 15.3 Å². The van der Waals surface area contributed by atoms with E-state index in [9.17, 15) is 0 Å². The lowest BCUT2D eigenvalue weighted by Gasteiger charge is -2.33. The summed E-state index contributed by atoms with van der Waals surface area (Å²) in [7, 11) is 0. The molecule has 1 fully saturated rings. The Morgan fingerprint density at radius 1 is 1.25 bits per heavy atom. The SMILES string of the molecule is CC=C/C=C\Cc1cnc(CNC(C)CC2CC(C)CC(C)C2)[nH]1. The van der Waals surface area contributed by atoms with Gasteiger partial charge in [0.15, 0.2) is 0 Å². The molecule has 0 aromatic carbocycles. The molecule has 3 heteroatoms. The van der Waals surface area contributed by atoms with Crippen LogP contribution in [-0.2, 0) is 13.0 Å². The van der Waals surface area contributed by atoms with Crippen LogP contribution in [0.3, 0.4) is 0 Å². The van der Waals surface area contributed by atoms with Gasteiger partial charge in [-0.1, -0.05) is 38.2 Å². The zero-order valence-electron chi connectivity index (χ0n) is 15.9. The number of H-pyrrole nitrogens is 1. The second-order valence-electron chi connectivity index (χ2n) is 7.81. The molecule has 134 valence electrons. The first-order valence-electron chi connectivity index (χ1n) is 9.60. The summed E-state index contributed by atoms with van der Waals surface area (Å²) in [6.07, 6.45) is 16.7. The molecule has 3 nitrogen and oxygen atoms in total. The first kappa shape index (κ1) is 19.0. The average molecular weight is 330 g/mol. The lowest BCUT2D eigenvalue weighted by Crippen LogP contribution is -2.31. The van der Waals surface area contributed by atoms with E-state index in [1.54, 1.807) is 0 Å². The molecule has 0 radical (unpaired) electrons. The van der Waals surface area contributed by atoms with E-state index in [-0.39, 0.29) is 0 Å². The van der Waals surface area contributed by atoms with E-state index in [2.05, 4.69) is 48.2 Å². The number of aromatic nitrogens is 2. The Kier molecular flexibility index (Phi) is 7.77. The summed E-state index contributed by atoms with van der Waals surface area (Å²) < 4.78 is 0. The molecule has 3 atom stereocenters. The van der Waals surface area contributed by atoms with Crippen molar-refractivity contribution in [2.24, 2.45) is 17.8 Å². The molecule has 2 N–H and O–H groups in total. The average Bonchev–Trinajstić information content (AvgIpc) is 2.96. The number of allylic oxidation sites excluding steroid dienone is 4. The largest absolute Gasteiger partial charge is 0.345 e. The van der Waals surface area contributed by atoms with E-state index >= 15 is 0 Å². The minimum atomic E-state index is 0.552. The van der Waals surface area contributed by atoms with Gasteiger partial charge < -0.3 is 10.3 Å². The third-order valence-corrected chi connectivity index (χ3v) is 5.04. The van der Waals surface area contributed by atoms with Gasteiger partial charge in [-0.25, -0.2) is 4.98 Å². The van der Waals surface area contributed by atoms with Crippen LogP contribution in [0.15, 0.2) is 30.5 Å². The van der Waals surface area contributed by atoms with E-state index in [0.29, 0.717) is 6.04 Å². The monoisotopic (exact) mass is 329 g/mol. The Labute approximate surface area is 148 Å². The molecule has 1 aliphatic rings. The molecule has 1 heterocycles. The standard InChI is InChI=1S/C21H35N3/c1-5-6-7-8-9-20-14-23-21(24-20)15-22-18(4)13-19-11-16(2)10-17(3)12-19/h5-8,14,16-19,22H,9-13,15H2,1-4H3,(H,23,24)/b6-5?,8-7-. The highest BCUT2D eigenvalue weighted by molar-refractivity contribution is 5.09. The fraction of sp³-hybridized carbons (Fsp3) is 0.667. The fourth-order valence-corrected chi connectivity index (χ4v) is 4.14. The zero-order valence-corrected chi connectivity index (χ0v) is 15.9. The molecule has 1 aliphatic carbocycles. The second-order valence-corrected chi connectivity index (χ2v) is 7.81. The predicted octanol–water partition coefficient (Wildman–Crippen LogP) is 5.03. The summed E-state index contributed by atoms with van der Waals surface area (Å²) in [5, 5.41) is 3.64. The van der Waals surface area contributed by atoms with Crippen molar-refractivity contribution in [3.05, 3.63) is 42.0 Å². The Bertz CT molecular complexity index is 519. The van der Waals surface area contributed by atoms with Crippen molar-refractivity contribution in [2.45, 2.75) is 72.4 Å². The number of rotatable bonds is 8. The van der Waals surface area contributed by atoms with E-state index in [4.69, 9.17) is 0 Å². The number of imidazole rings is 1. The van der Waals surface area contributed by atoms with Crippen molar-refractivity contribution < 1.29 is 0 Å². The van der Waals surface area contributed by atoms with Crippen LogP contribution >= 0.6 is 0 Å². The molecule has 2 rings (SSSR count). The van der Waals surface area contributed by atoms with E-state index < -0.39 is 0 Å². The van der Waals surface area contributed by atoms with Crippen LogP contribution in [0.2, 0.25) is 0 Å². The maximum atomic E-state index is 4.49. The van der Waals surface area contributed by atoms with Gasteiger partial charge in [0.1, 0.15) is 5.82 Å². The van der Waals surface area contributed by atoms with Crippen LogP contribution in [0.1, 0.15) is 64.9 Å². The van der Waals surface area contributed by atoms with Gasteiger partial charge in [0.05, 0.1) is 6.54 Å². The maximum absolute atomic E-state index is 4.49. The highest BCUT2D eigenvalue weighted by Crippen LogP contribution is 2.35. The number of hydrogen-bond donors (Lipinski definition) is 2. The molecular formula is C21H35N3. The van der Waals surface area contributed by atoms with Gasteiger partial charge in [-0.15, -0.1) is 0 Å². The van der Waals surface area contributed by atoms with Crippen molar-refractivity contribution in [1.29, 1.82) is 0 Å². The predicted molar refractivity (Wildman–Crippen MR) is 103 cm³/mol. The van der Waals surface area contributed by atoms with E-state index in [1.165, 1.54) is 31.4 Å². The first-order valence-corrected chi connectivity index (χ1v) is 9.60. The molecule has 3 unspecified atom stereocenters. The minimum Gasteiger partial charge on any atom is -0.345 e. The highest BCUT2D eigenvalue weighted by Gasteiger charge is 2.25. The van der Waals surface area contributed by atoms with Gasteiger partial charge in [0, 0.05) is 24.4 Å². The summed E-state index contributed by atoms with van der Waals surface area (Å²) in [5.41, 5.74) is 1.18. The Balaban J connectivity index is 1.71. The van der Waals surface area contributed by atoms with Crippen LogP contribution < -0.4 is 5.32 Å². The number of nitrogens with zero attached hydrogens (tertiary/aromatic N) is 1. The van der Waals surface area contributed by atoms with Crippen molar-refractivity contribution >= 4 is 0 Å². The van der Waals surface area contributed by atoms with Gasteiger partial charge in [0.25, 0.3) is 0 Å². The zero-order chi connectivity index (χ0) is 17.4. The minimum absolute atomic E-state index is 0.552. The molecule has 1 aromatic heterocycles. The van der Waals surface area contributed by atoms with Crippen molar-refractivity contribution in [2.75, 3.05) is 0 Å². The third kappa shape index (κ3) is 6.64. The lowest BCUT2D eigenvalue weighted by atomic mass is 9.74. The summed E-state index contributed by atoms with van der Waals surface area (Å²) in [6.45, 7) is 10.00. The summed E-state index contributed by atoms with van der Waals surface area (Å²) in [5.74, 6) is 3.72. The molecule has 0 saturated heterocycles. The number of nitrogens with one attached hydrogen (secondary N) is 2. The summed E-state index contributed by atoms with van der Waals surface area (Å²) >= 11 is 0.